The van der Waals surface area contributed by atoms with Crippen molar-refractivity contribution in [3.63, 3.8) is 0 Å². The molecular weight excluding hydrogens is 224 g/mol. The van der Waals surface area contributed by atoms with E-state index in [-0.39, 0.29) is 18.7 Å². The molecule has 0 unspecified atom stereocenters. The summed E-state index contributed by atoms with van der Waals surface area (Å²) in [4.78, 5) is 0. The minimum absolute atomic E-state index is 0.00279. The molecule has 0 saturated carbocycles. The lowest BCUT2D eigenvalue weighted by atomic mass is 9.93. The molecule has 0 spiro atoms. The highest BCUT2D eigenvalue weighted by molar-refractivity contribution is 5.18. The SMILES string of the molecule is CCC(CC)(CO)NCc1ccc(F)cc1F. The van der Waals surface area contributed by atoms with Gasteiger partial charge >= 0.3 is 0 Å². The maximum absolute atomic E-state index is 13.4. The molecule has 0 heterocycles. The Morgan fingerprint density at radius 3 is 2.35 bits per heavy atom. The fraction of sp³-hybridized carbons (Fsp3) is 0.538. The lowest BCUT2D eigenvalue weighted by Gasteiger charge is -2.31. The molecule has 0 radical (unpaired) electrons. The first-order chi connectivity index (χ1) is 8.06. The van der Waals surface area contributed by atoms with E-state index < -0.39 is 11.6 Å². The highest BCUT2D eigenvalue weighted by Gasteiger charge is 2.24. The summed E-state index contributed by atoms with van der Waals surface area (Å²) in [6.07, 6.45) is 1.51. The van der Waals surface area contributed by atoms with E-state index in [2.05, 4.69) is 5.32 Å². The van der Waals surface area contributed by atoms with E-state index >= 15 is 0 Å². The van der Waals surface area contributed by atoms with Crippen molar-refractivity contribution in [2.75, 3.05) is 6.61 Å². The molecule has 4 heteroatoms. The average Bonchev–Trinajstić information content (AvgIpc) is 2.33. The van der Waals surface area contributed by atoms with Crippen molar-refractivity contribution in [2.24, 2.45) is 0 Å². The molecule has 0 aliphatic rings. The maximum Gasteiger partial charge on any atom is 0.130 e. The smallest absolute Gasteiger partial charge is 0.130 e. The van der Waals surface area contributed by atoms with Crippen LogP contribution in [0, 0.1) is 11.6 Å². The van der Waals surface area contributed by atoms with Gasteiger partial charge in [0.05, 0.1) is 6.61 Å². The van der Waals surface area contributed by atoms with Gasteiger partial charge < -0.3 is 10.4 Å². The van der Waals surface area contributed by atoms with E-state index in [0.29, 0.717) is 5.56 Å². The quantitative estimate of drug-likeness (QED) is 0.805. The van der Waals surface area contributed by atoms with Crippen molar-refractivity contribution in [1.29, 1.82) is 0 Å². The molecule has 0 aliphatic carbocycles. The first kappa shape index (κ1) is 14.1. The van der Waals surface area contributed by atoms with Gasteiger partial charge in [-0.15, -0.1) is 0 Å². The lowest BCUT2D eigenvalue weighted by molar-refractivity contribution is 0.149. The Bertz CT molecular complexity index is 356. The predicted octanol–water partition coefficient (Wildman–Crippen LogP) is 2.61. The zero-order valence-electron chi connectivity index (χ0n) is 10.3. The monoisotopic (exact) mass is 243 g/mol. The third-order valence-electron chi connectivity index (χ3n) is 3.33. The zero-order chi connectivity index (χ0) is 12.9. The van der Waals surface area contributed by atoms with Gasteiger partial charge in [-0.2, -0.15) is 0 Å². The standard InChI is InChI=1S/C13H19F2NO/c1-3-13(4-2,9-17)16-8-10-5-6-11(14)7-12(10)15/h5-7,16-17H,3-4,8-9H2,1-2H3. The van der Waals surface area contributed by atoms with Crippen LogP contribution in [0.15, 0.2) is 18.2 Å². The third kappa shape index (κ3) is 3.48. The number of aliphatic hydroxyl groups is 1. The Morgan fingerprint density at radius 2 is 1.88 bits per heavy atom. The zero-order valence-corrected chi connectivity index (χ0v) is 10.3. The van der Waals surface area contributed by atoms with Crippen LogP contribution in [0.2, 0.25) is 0 Å². The topological polar surface area (TPSA) is 32.3 Å². The molecule has 1 rings (SSSR count). The first-order valence-corrected chi connectivity index (χ1v) is 5.86. The Hall–Kier alpha value is -1.00. The molecule has 0 fully saturated rings. The summed E-state index contributed by atoms with van der Waals surface area (Å²) in [7, 11) is 0. The molecule has 2 N–H and O–H groups in total. The van der Waals surface area contributed by atoms with Crippen molar-refractivity contribution in [1.82, 2.24) is 5.32 Å². The van der Waals surface area contributed by atoms with Gasteiger partial charge in [-0.25, -0.2) is 8.78 Å². The van der Waals surface area contributed by atoms with Crippen LogP contribution in [0.3, 0.4) is 0 Å². The average molecular weight is 243 g/mol. The Labute approximate surface area is 101 Å². The summed E-state index contributed by atoms with van der Waals surface area (Å²) in [6, 6.07) is 3.53. The molecule has 0 amide bonds. The van der Waals surface area contributed by atoms with Crippen LogP contribution in [-0.2, 0) is 6.54 Å². The second-order valence-electron chi connectivity index (χ2n) is 4.23. The van der Waals surface area contributed by atoms with E-state index in [1.54, 1.807) is 0 Å². The maximum atomic E-state index is 13.4. The molecule has 0 aliphatic heterocycles. The summed E-state index contributed by atoms with van der Waals surface area (Å²) >= 11 is 0. The summed E-state index contributed by atoms with van der Waals surface area (Å²) in [6.45, 7) is 4.22. The number of rotatable bonds is 6. The highest BCUT2D eigenvalue weighted by Crippen LogP contribution is 2.16. The fourth-order valence-electron chi connectivity index (χ4n) is 1.73. The van der Waals surface area contributed by atoms with Crippen LogP contribution in [0.4, 0.5) is 8.78 Å². The van der Waals surface area contributed by atoms with Crippen molar-refractivity contribution < 1.29 is 13.9 Å². The molecule has 1 aromatic rings. The van der Waals surface area contributed by atoms with E-state index in [1.807, 2.05) is 13.8 Å². The van der Waals surface area contributed by atoms with Gasteiger partial charge in [-0.1, -0.05) is 19.9 Å². The van der Waals surface area contributed by atoms with Gasteiger partial charge in [-0.3, -0.25) is 0 Å². The molecule has 17 heavy (non-hydrogen) atoms. The minimum Gasteiger partial charge on any atom is -0.394 e. The Kier molecular flexibility index (Phi) is 5.02. The molecule has 2 nitrogen and oxygen atoms in total. The van der Waals surface area contributed by atoms with Gasteiger partial charge in [-0.05, 0) is 18.9 Å². The van der Waals surface area contributed by atoms with Gasteiger partial charge in [0.2, 0.25) is 0 Å². The van der Waals surface area contributed by atoms with E-state index in [4.69, 9.17) is 0 Å². The van der Waals surface area contributed by atoms with Crippen molar-refractivity contribution in [3.05, 3.63) is 35.4 Å². The Morgan fingerprint density at radius 1 is 1.24 bits per heavy atom. The van der Waals surface area contributed by atoms with Gasteiger partial charge in [0, 0.05) is 23.7 Å². The normalized spacial score (nSPS) is 11.8. The van der Waals surface area contributed by atoms with Crippen molar-refractivity contribution >= 4 is 0 Å². The minimum atomic E-state index is -0.578. The molecular formula is C13H19F2NO. The summed E-state index contributed by atoms with van der Waals surface area (Å²) < 4.78 is 26.1. The highest BCUT2D eigenvalue weighted by atomic mass is 19.1. The van der Waals surface area contributed by atoms with Crippen LogP contribution in [0.25, 0.3) is 0 Å². The van der Waals surface area contributed by atoms with Gasteiger partial charge in [0.25, 0.3) is 0 Å². The molecule has 0 saturated heterocycles. The van der Waals surface area contributed by atoms with Crippen LogP contribution in [0.1, 0.15) is 32.3 Å². The fourth-order valence-corrected chi connectivity index (χ4v) is 1.73. The van der Waals surface area contributed by atoms with Crippen LogP contribution in [-0.4, -0.2) is 17.3 Å². The first-order valence-electron chi connectivity index (χ1n) is 5.86. The number of nitrogens with one attached hydrogen (secondary N) is 1. The number of aliphatic hydroxyl groups excluding tert-OH is 1. The second-order valence-corrected chi connectivity index (χ2v) is 4.23. The van der Waals surface area contributed by atoms with E-state index in [9.17, 15) is 13.9 Å². The van der Waals surface area contributed by atoms with Crippen LogP contribution in [0.5, 0.6) is 0 Å². The van der Waals surface area contributed by atoms with Gasteiger partial charge in [0.1, 0.15) is 11.6 Å². The number of halogens is 2. The number of benzene rings is 1. The summed E-state index contributed by atoms with van der Waals surface area (Å²) in [5.74, 6) is -1.14. The van der Waals surface area contributed by atoms with Gasteiger partial charge in [0.15, 0.2) is 0 Å². The summed E-state index contributed by atoms with van der Waals surface area (Å²) in [5, 5.41) is 12.5. The number of hydrogen-bond donors (Lipinski definition) is 2. The number of hydrogen-bond acceptors (Lipinski definition) is 2. The molecule has 0 aromatic heterocycles. The van der Waals surface area contributed by atoms with Crippen molar-refractivity contribution in [2.45, 2.75) is 38.8 Å². The summed E-state index contributed by atoms with van der Waals surface area (Å²) in [5.41, 5.74) is 0.0204. The van der Waals surface area contributed by atoms with Crippen LogP contribution >= 0.6 is 0 Å². The largest absolute Gasteiger partial charge is 0.394 e. The molecule has 1 aromatic carbocycles. The van der Waals surface area contributed by atoms with Crippen LogP contribution < -0.4 is 5.32 Å². The third-order valence-corrected chi connectivity index (χ3v) is 3.33. The second kappa shape index (κ2) is 6.07. The molecule has 0 bridgehead atoms. The Balaban J connectivity index is 2.72. The van der Waals surface area contributed by atoms with E-state index in [0.717, 1.165) is 18.9 Å². The van der Waals surface area contributed by atoms with Crippen molar-refractivity contribution in [3.8, 4) is 0 Å². The lowest BCUT2D eigenvalue weighted by Crippen LogP contribution is -2.47. The predicted molar refractivity (Wildman–Crippen MR) is 63.6 cm³/mol. The molecule has 0 atom stereocenters. The van der Waals surface area contributed by atoms with E-state index in [1.165, 1.54) is 12.1 Å². The molecule has 96 valence electrons.